The van der Waals surface area contributed by atoms with E-state index in [-0.39, 0.29) is 5.41 Å². The van der Waals surface area contributed by atoms with Crippen molar-refractivity contribution in [2.75, 3.05) is 4.90 Å². The molecule has 0 unspecified atom stereocenters. The lowest BCUT2D eigenvalue weighted by Crippen LogP contribution is -2.24. The Balaban J connectivity index is 1.28. The minimum Gasteiger partial charge on any atom is -0.310 e. The van der Waals surface area contributed by atoms with Gasteiger partial charge in [0, 0.05) is 22.4 Å². The Morgan fingerprint density at radius 2 is 0.940 bits per heavy atom. The van der Waals surface area contributed by atoms with Gasteiger partial charge in [-0.1, -0.05) is 172 Å². The van der Waals surface area contributed by atoms with Crippen molar-refractivity contribution in [2.45, 2.75) is 19.3 Å². The molecule has 8 aromatic rings. The second-order valence-electron chi connectivity index (χ2n) is 13.7. The van der Waals surface area contributed by atoms with Gasteiger partial charge in [0.15, 0.2) is 0 Å². The smallest absolute Gasteiger partial charge is 0.0540 e. The largest absolute Gasteiger partial charge is 0.310 e. The Hall–Kier alpha value is -6.18. The molecule has 0 aromatic heterocycles. The summed E-state index contributed by atoms with van der Waals surface area (Å²) in [4.78, 5) is 2.44. The third-order valence-corrected chi connectivity index (χ3v) is 10.5. The number of benzene rings is 8. The van der Waals surface area contributed by atoms with Crippen LogP contribution in [0.4, 0.5) is 17.1 Å². The summed E-state index contributed by atoms with van der Waals surface area (Å²) in [7, 11) is 0. The van der Waals surface area contributed by atoms with E-state index in [1.807, 2.05) is 0 Å². The number of fused-ring (bicyclic) bond motifs is 2. The van der Waals surface area contributed by atoms with Crippen LogP contribution in [0.1, 0.15) is 25.0 Å². The molecule has 1 nitrogen and oxygen atoms in total. The van der Waals surface area contributed by atoms with E-state index in [4.69, 9.17) is 0 Å². The number of hydrogen-bond acceptors (Lipinski definition) is 1. The topological polar surface area (TPSA) is 3.24 Å². The normalized spacial score (nSPS) is 12.8. The fraction of sp³-hybridized carbons (Fsp3) is 0.0612. The Labute approximate surface area is 294 Å². The van der Waals surface area contributed by atoms with Crippen molar-refractivity contribution < 1.29 is 0 Å². The molecule has 0 fully saturated rings. The molecule has 9 rings (SSSR count). The number of anilines is 3. The molecular formula is C49H37N. The second kappa shape index (κ2) is 12.1. The maximum absolute atomic E-state index is 2.45. The molecule has 0 atom stereocenters. The molecule has 50 heavy (non-hydrogen) atoms. The van der Waals surface area contributed by atoms with Crippen LogP contribution in [-0.4, -0.2) is 0 Å². The van der Waals surface area contributed by atoms with Crippen LogP contribution in [0.5, 0.6) is 0 Å². The van der Waals surface area contributed by atoms with Crippen LogP contribution >= 0.6 is 0 Å². The van der Waals surface area contributed by atoms with E-state index < -0.39 is 0 Å². The number of nitrogens with zero attached hydrogens (tertiary/aromatic N) is 1. The molecule has 238 valence electrons. The summed E-state index contributed by atoms with van der Waals surface area (Å²) in [5.74, 6) is 0. The zero-order valence-corrected chi connectivity index (χ0v) is 28.3. The SMILES string of the molecule is CC1(C)c2cc(N(c3ccc(-c4ccccc4)cc3)c3ccccc3-c3ccccc3)ccc2-c2c(-c3ccccc3)ccc3cccc1c23. The van der Waals surface area contributed by atoms with E-state index in [0.29, 0.717) is 0 Å². The molecule has 8 aromatic carbocycles. The zero-order valence-electron chi connectivity index (χ0n) is 28.3. The van der Waals surface area contributed by atoms with E-state index >= 15 is 0 Å². The Bertz CT molecular complexity index is 2480. The summed E-state index contributed by atoms with van der Waals surface area (Å²) in [5.41, 5.74) is 15.9. The van der Waals surface area contributed by atoms with Crippen LogP contribution < -0.4 is 4.90 Å². The zero-order chi connectivity index (χ0) is 33.7. The lowest BCUT2D eigenvalue weighted by Gasteiger charge is -2.37. The van der Waals surface area contributed by atoms with Crippen molar-refractivity contribution in [3.63, 3.8) is 0 Å². The lowest BCUT2D eigenvalue weighted by atomic mass is 9.67. The molecule has 0 heterocycles. The van der Waals surface area contributed by atoms with Gasteiger partial charge in [0.1, 0.15) is 0 Å². The highest BCUT2D eigenvalue weighted by molar-refractivity contribution is 6.09. The van der Waals surface area contributed by atoms with Crippen molar-refractivity contribution in [2.24, 2.45) is 0 Å². The summed E-state index contributed by atoms with van der Waals surface area (Å²) in [5, 5.41) is 2.65. The summed E-state index contributed by atoms with van der Waals surface area (Å²) in [6, 6.07) is 68.5. The minimum atomic E-state index is -0.213. The van der Waals surface area contributed by atoms with Gasteiger partial charge in [-0.15, -0.1) is 0 Å². The summed E-state index contributed by atoms with van der Waals surface area (Å²) in [6.45, 7) is 4.78. The van der Waals surface area contributed by atoms with E-state index in [9.17, 15) is 0 Å². The first-order valence-corrected chi connectivity index (χ1v) is 17.4. The molecule has 1 aliphatic rings. The summed E-state index contributed by atoms with van der Waals surface area (Å²) < 4.78 is 0. The average molecular weight is 640 g/mol. The van der Waals surface area contributed by atoms with Gasteiger partial charge in [-0.25, -0.2) is 0 Å². The van der Waals surface area contributed by atoms with Gasteiger partial charge >= 0.3 is 0 Å². The number of hydrogen-bond donors (Lipinski definition) is 0. The first-order chi connectivity index (χ1) is 24.6. The molecule has 0 amide bonds. The highest BCUT2D eigenvalue weighted by Crippen LogP contribution is 2.53. The molecule has 0 aliphatic heterocycles. The lowest BCUT2D eigenvalue weighted by molar-refractivity contribution is 0.645. The highest BCUT2D eigenvalue weighted by atomic mass is 15.1. The third kappa shape index (κ3) is 4.94. The minimum absolute atomic E-state index is 0.213. The fourth-order valence-electron chi connectivity index (χ4n) is 7.98. The van der Waals surface area contributed by atoms with Gasteiger partial charge in [-0.3, -0.25) is 0 Å². The molecule has 0 bridgehead atoms. The molecule has 1 heteroatoms. The van der Waals surface area contributed by atoms with Crippen LogP contribution in [0.15, 0.2) is 188 Å². The third-order valence-electron chi connectivity index (χ3n) is 10.5. The first-order valence-electron chi connectivity index (χ1n) is 17.4. The molecular weight excluding hydrogens is 603 g/mol. The Kier molecular flexibility index (Phi) is 7.21. The van der Waals surface area contributed by atoms with Gasteiger partial charge in [0.25, 0.3) is 0 Å². The monoisotopic (exact) mass is 639 g/mol. The quantitative estimate of drug-likeness (QED) is 0.175. The second-order valence-corrected chi connectivity index (χ2v) is 13.7. The van der Waals surface area contributed by atoms with Crippen LogP contribution in [0.3, 0.4) is 0 Å². The Morgan fingerprint density at radius 3 is 1.64 bits per heavy atom. The van der Waals surface area contributed by atoms with Gasteiger partial charge < -0.3 is 4.90 Å². The molecule has 0 N–H and O–H groups in total. The predicted molar refractivity (Wildman–Crippen MR) is 213 cm³/mol. The molecule has 0 spiro atoms. The van der Waals surface area contributed by atoms with Crippen LogP contribution in [0, 0.1) is 0 Å². The van der Waals surface area contributed by atoms with Gasteiger partial charge in [-0.2, -0.15) is 0 Å². The van der Waals surface area contributed by atoms with E-state index in [1.165, 1.54) is 66.4 Å². The number of rotatable bonds is 6. The first kappa shape index (κ1) is 29.9. The molecule has 1 aliphatic carbocycles. The van der Waals surface area contributed by atoms with E-state index in [2.05, 4.69) is 207 Å². The molecule has 0 radical (unpaired) electrons. The summed E-state index contributed by atoms with van der Waals surface area (Å²) in [6.07, 6.45) is 0. The maximum Gasteiger partial charge on any atom is 0.0540 e. The van der Waals surface area contributed by atoms with Gasteiger partial charge in [-0.05, 0) is 91.2 Å². The molecule has 0 saturated carbocycles. The maximum atomic E-state index is 2.45. The number of para-hydroxylation sites is 1. The van der Waals surface area contributed by atoms with Crippen LogP contribution in [-0.2, 0) is 5.41 Å². The van der Waals surface area contributed by atoms with E-state index in [1.54, 1.807) is 0 Å². The standard InChI is InChI=1S/C49H37N/c1-49(2)44-23-14-21-38-27-31-42(37-19-10-5-11-20-37)48(47(38)44)43-32-30-40(33-45(43)49)50(39-28-25-35(26-29-39)34-15-6-3-7-16-34)46-24-13-12-22-41(46)36-17-8-4-9-18-36/h3-33H,1-2H3. The van der Waals surface area contributed by atoms with Crippen molar-refractivity contribution in [1.29, 1.82) is 0 Å². The van der Waals surface area contributed by atoms with Crippen LogP contribution in [0.2, 0.25) is 0 Å². The van der Waals surface area contributed by atoms with Crippen molar-refractivity contribution in [3.05, 3.63) is 199 Å². The fourth-order valence-corrected chi connectivity index (χ4v) is 7.98. The molecule has 0 saturated heterocycles. The van der Waals surface area contributed by atoms with E-state index in [0.717, 1.165) is 17.1 Å². The Morgan fingerprint density at radius 1 is 0.380 bits per heavy atom. The predicted octanol–water partition coefficient (Wildman–Crippen LogP) is 13.6. The summed E-state index contributed by atoms with van der Waals surface area (Å²) >= 11 is 0. The van der Waals surface area contributed by atoms with Crippen molar-refractivity contribution in [1.82, 2.24) is 0 Å². The highest BCUT2D eigenvalue weighted by Gasteiger charge is 2.35. The van der Waals surface area contributed by atoms with Crippen LogP contribution in [0.25, 0.3) is 55.3 Å². The average Bonchev–Trinajstić information content (AvgIpc) is 3.18. The van der Waals surface area contributed by atoms with Crippen molar-refractivity contribution in [3.8, 4) is 44.5 Å². The van der Waals surface area contributed by atoms with Gasteiger partial charge in [0.2, 0.25) is 0 Å². The van der Waals surface area contributed by atoms with Crippen molar-refractivity contribution >= 4 is 27.8 Å². The van der Waals surface area contributed by atoms with Gasteiger partial charge in [0.05, 0.1) is 5.69 Å².